The molecule has 86 valence electrons. The molecule has 1 aromatic carbocycles. The number of nitrogens with two attached hydrogens (primary N) is 1. The highest BCUT2D eigenvalue weighted by Gasteiger charge is 2.00. The molecule has 17 heavy (non-hydrogen) atoms. The number of hydrazone groups is 1. The van der Waals surface area contributed by atoms with Crippen LogP contribution in [0.4, 0.5) is 0 Å². The summed E-state index contributed by atoms with van der Waals surface area (Å²) in [7, 11) is 0. The van der Waals surface area contributed by atoms with E-state index in [4.69, 9.17) is 17.3 Å². The number of hydrogen-bond donors (Lipinski definition) is 2. The summed E-state index contributed by atoms with van der Waals surface area (Å²) >= 11 is 10.6. The highest BCUT2D eigenvalue weighted by Crippen LogP contribution is 2.20. The molecule has 0 aliphatic heterocycles. The highest BCUT2D eigenvalue weighted by atomic mass is 35.5. The first-order valence-electron chi connectivity index (χ1n) is 4.79. The quantitative estimate of drug-likeness (QED) is 0.495. The zero-order valence-electron chi connectivity index (χ0n) is 8.72. The van der Waals surface area contributed by atoms with Gasteiger partial charge in [0.2, 0.25) is 0 Å². The van der Waals surface area contributed by atoms with Crippen molar-refractivity contribution in [2.24, 2.45) is 10.8 Å². The fraction of sp³-hybridized carbons (Fsp3) is 0. The Balaban J connectivity index is 2.43. The average molecular weight is 265 g/mol. The third-order valence-corrected chi connectivity index (χ3v) is 2.45. The largest absolute Gasteiger partial charge is 0.375 e. The maximum Gasteiger partial charge on any atom is 0.184 e. The van der Waals surface area contributed by atoms with Gasteiger partial charge in [0.1, 0.15) is 0 Å². The van der Waals surface area contributed by atoms with Crippen LogP contribution in [0.15, 0.2) is 35.6 Å². The normalized spacial score (nSPS) is 10.9. The number of thiocarbonyl (C=S) groups is 1. The van der Waals surface area contributed by atoms with Crippen LogP contribution in [0.5, 0.6) is 0 Å². The van der Waals surface area contributed by atoms with Gasteiger partial charge in [-0.15, -0.1) is 0 Å². The molecule has 6 heteroatoms. The Bertz CT molecular complexity index is 597. The Labute approximate surface area is 108 Å². The molecule has 0 aliphatic carbocycles. The van der Waals surface area contributed by atoms with Gasteiger partial charge in [-0.05, 0) is 35.8 Å². The van der Waals surface area contributed by atoms with E-state index in [1.54, 1.807) is 12.4 Å². The second kappa shape index (κ2) is 5.07. The van der Waals surface area contributed by atoms with Crippen LogP contribution in [0.2, 0.25) is 5.02 Å². The maximum absolute atomic E-state index is 5.95. The molecule has 3 N–H and O–H groups in total. The second-order valence-corrected chi connectivity index (χ2v) is 4.17. The van der Waals surface area contributed by atoms with E-state index in [0.29, 0.717) is 10.7 Å². The maximum atomic E-state index is 5.95. The zero-order chi connectivity index (χ0) is 12.3. The van der Waals surface area contributed by atoms with Gasteiger partial charge in [0.15, 0.2) is 5.11 Å². The molecule has 0 radical (unpaired) electrons. The fourth-order valence-corrected chi connectivity index (χ4v) is 1.65. The van der Waals surface area contributed by atoms with Crippen LogP contribution in [-0.2, 0) is 0 Å². The molecule has 2 rings (SSSR count). The van der Waals surface area contributed by atoms with Gasteiger partial charge < -0.3 is 5.73 Å². The van der Waals surface area contributed by atoms with Gasteiger partial charge in [0.25, 0.3) is 0 Å². The smallest absolute Gasteiger partial charge is 0.184 e. The lowest BCUT2D eigenvalue weighted by atomic mass is 10.1. The minimum atomic E-state index is 0.111. The molecule has 0 spiro atoms. The molecule has 0 aliphatic rings. The first-order valence-corrected chi connectivity index (χ1v) is 5.58. The van der Waals surface area contributed by atoms with Crippen molar-refractivity contribution >= 4 is 45.9 Å². The summed E-state index contributed by atoms with van der Waals surface area (Å²) in [5, 5.41) is 6.61. The van der Waals surface area contributed by atoms with Crippen LogP contribution in [0.25, 0.3) is 10.8 Å². The molecule has 4 nitrogen and oxygen atoms in total. The number of rotatable bonds is 2. The van der Waals surface area contributed by atoms with Crippen molar-refractivity contribution in [3.05, 3.63) is 41.2 Å². The Hall–Kier alpha value is -1.72. The van der Waals surface area contributed by atoms with E-state index in [2.05, 4.69) is 27.7 Å². The topological polar surface area (TPSA) is 63.3 Å². The Morgan fingerprint density at radius 2 is 2.29 bits per heavy atom. The molecular formula is C11H9ClN4S. The lowest BCUT2D eigenvalue weighted by Gasteiger charge is -2.01. The van der Waals surface area contributed by atoms with Crippen molar-refractivity contribution < 1.29 is 0 Å². The van der Waals surface area contributed by atoms with Crippen LogP contribution in [-0.4, -0.2) is 16.3 Å². The van der Waals surface area contributed by atoms with Crippen LogP contribution >= 0.6 is 23.8 Å². The van der Waals surface area contributed by atoms with Crippen molar-refractivity contribution in [2.45, 2.75) is 0 Å². The van der Waals surface area contributed by atoms with Gasteiger partial charge in [-0.25, -0.2) is 0 Å². The van der Waals surface area contributed by atoms with E-state index in [9.17, 15) is 0 Å². The third-order valence-electron chi connectivity index (χ3n) is 2.12. The summed E-state index contributed by atoms with van der Waals surface area (Å²) in [4.78, 5) is 4.21. The average Bonchev–Trinajstić information content (AvgIpc) is 2.29. The molecule has 0 amide bonds. The summed E-state index contributed by atoms with van der Waals surface area (Å²) in [6.07, 6.45) is 3.26. The number of aromatic nitrogens is 1. The molecule has 0 atom stereocenters. The van der Waals surface area contributed by atoms with Gasteiger partial charge in [0.05, 0.1) is 11.9 Å². The Morgan fingerprint density at radius 3 is 3.06 bits per heavy atom. The van der Waals surface area contributed by atoms with Crippen molar-refractivity contribution in [3.63, 3.8) is 0 Å². The molecule has 0 saturated carbocycles. The van der Waals surface area contributed by atoms with E-state index < -0.39 is 0 Å². The van der Waals surface area contributed by atoms with Gasteiger partial charge in [0, 0.05) is 16.6 Å². The molecule has 0 bridgehead atoms. The van der Waals surface area contributed by atoms with Crippen molar-refractivity contribution in [1.82, 2.24) is 10.4 Å². The number of pyridine rings is 1. The predicted octanol–water partition coefficient (Wildman–Crippen LogP) is 2.06. The van der Waals surface area contributed by atoms with Crippen LogP contribution < -0.4 is 11.2 Å². The first kappa shape index (κ1) is 11.8. The van der Waals surface area contributed by atoms with E-state index in [0.717, 1.165) is 10.8 Å². The van der Waals surface area contributed by atoms with Gasteiger partial charge in [-0.1, -0.05) is 17.7 Å². The summed E-state index contributed by atoms with van der Waals surface area (Å²) in [6.45, 7) is 0. The minimum Gasteiger partial charge on any atom is -0.375 e. The summed E-state index contributed by atoms with van der Waals surface area (Å²) in [5.74, 6) is 0. The van der Waals surface area contributed by atoms with Crippen LogP contribution in [0, 0.1) is 0 Å². The second-order valence-electron chi connectivity index (χ2n) is 3.30. The van der Waals surface area contributed by atoms with Crippen LogP contribution in [0.3, 0.4) is 0 Å². The molecule has 2 aromatic rings. The number of halogens is 1. The molecule has 0 saturated heterocycles. The highest BCUT2D eigenvalue weighted by molar-refractivity contribution is 7.80. The zero-order valence-corrected chi connectivity index (χ0v) is 10.3. The lowest BCUT2D eigenvalue weighted by Crippen LogP contribution is -2.24. The fourth-order valence-electron chi connectivity index (χ4n) is 1.42. The number of nitrogens with one attached hydrogen (secondary N) is 1. The summed E-state index contributed by atoms with van der Waals surface area (Å²) < 4.78 is 0. The standard InChI is InChI=1S/C11H9ClN4S/c12-8-2-1-7-3-4-14-10(9(7)5-8)6-15-16-11(13)17/h1-6H,(H3,13,16,17). The lowest BCUT2D eigenvalue weighted by molar-refractivity contribution is 1.04. The molecule has 1 aromatic heterocycles. The molecule has 0 unspecified atom stereocenters. The first-order chi connectivity index (χ1) is 8.16. The van der Waals surface area contributed by atoms with Gasteiger partial charge >= 0.3 is 0 Å². The molecule has 1 heterocycles. The number of fused-ring (bicyclic) bond motifs is 1. The van der Waals surface area contributed by atoms with E-state index in [-0.39, 0.29) is 5.11 Å². The van der Waals surface area contributed by atoms with E-state index >= 15 is 0 Å². The minimum absolute atomic E-state index is 0.111. The number of hydrogen-bond acceptors (Lipinski definition) is 3. The van der Waals surface area contributed by atoms with Crippen molar-refractivity contribution in [3.8, 4) is 0 Å². The van der Waals surface area contributed by atoms with Crippen molar-refractivity contribution in [1.29, 1.82) is 0 Å². The number of nitrogens with zero attached hydrogens (tertiary/aromatic N) is 2. The molecular weight excluding hydrogens is 256 g/mol. The van der Waals surface area contributed by atoms with Crippen molar-refractivity contribution in [2.75, 3.05) is 0 Å². The SMILES string of the molecule is NC(=S)NN=Cc1nccc2ccc(Cl)cc12. The van der Waals surface area contributed by atoms with Crippen LogP contribution in [0.1, 0.15) is 5.69 Å². The van der Waals surface area contributed by atoms with E-state index in [1.807, 2.05) is 24.3 Å². The Kier molecular flexibility index (Phi) is 3.51. The van der Waals surface area contributed by atoms with E-state index in [1.165, 1.54) is 0 Å². The van der Waals surface area contributed by atoms with Gasteiger partial charge in [-0.3, -0.25) is 10.4 Å². The Morgan fingerprint density at radius 1 is 1.47 bits per heavy atom. The summed E-state index contributed by atoms with van der Waals surface area (Å²) in [5.41, 5.74) is 8.44. The monoisotopic (exact) mass is 264 g/mol. The predicted molar refractivity (Wildman–Crippen MR) is 74.3 cm³/mol. The third kappa shape index (κ3) is 2.89. The molecule has 0 fully saturated rings. The summed E-state index contributed by atoms with van der Waals surface area (Å²) in [6, 6.07) is 7.51. The number of benzene rings is 1. The van der Waals surface area contributed by atoms with Gasteiger partial charge in [-0.2, -0.15) is 5.10 Å².